The number of aromatic nitrogens is 3. The van der Waals surface area contributed by atoms with Gasteiger partial charge in [0.25, 0.3) is 0 Å². The third kappa shape index (κ3) is 2.86. The molecule has 17 heavy (non-hydrogen) atoms. The fourth-order valence-corrected chi connectivity index (χ4v) is 2.89. The van der Waals surface area contributed by atoms with Crippen molar-refractivity contribution in [1.82, 2.24) is 20.1 Å². The molecule has 1 aliphatic rings. The molecular formula is C13H24N4. The summed E-state index contributed by atoms with van der Waals surface area (Å²) in [7, 11) is 1.98. The summed E-state index contributed by atoms with van der Waals surface area (Å²) < 4.78 is 1.90. The highest BCUT2D eigenvalue weighted by atomic mass is 15.3. The molecule has 1 saturated carbocycles. The van der Waals surface area contributed by atoms with Crippen molar-refractivity contribution < 1.29 is 0 Å². The monoisotopic (exact) mass is 236 g/mol. The molecule has 0 amide bonds. The molecule has 1 aromatic rings. The number of rotatable bonds is 5. The van der Waals surface area contributed by atoms with Crippen LogP contribution >= 0.6 is 0 Å². The van der Waals surface area contributed by atoms with Crippen LogP contribution in [0.1, 0.15) is 38.9 Å². The Morgan fingerprint density at radius 1 is 1.47 bits per heavy atom. The van der Waals surface area contributed by atoms with Gasteiger partial charge >= 0.3 is 0 Å². The maximum absolute atomic E-state index is 4.33. The zero-order valence-corrected chi connectivity index (χ0v) is 11.2. The average molecular weight is 236 g/mol. The van der Waals surface area contributed by atoms with Crippen LogP contribution in [0, 0.1) is 11.8 Å². The van der Waals surface area contributed by atoms with Gasteiger partial charge in [0.2, 0.25) is 0 Å². The Hall–Kier alpha value is -0.900. The molecule has 4 nitrogen and oxygen atoms in total. The SMILES string of the molecule is CCCNC1CCC(Cc2ncnn2C)C1C. The molecule has 3 unspecified atom stereocenters. The van der Waals surface area contributed by atoms with Crippen LogP contribution in [-0.4, -0.2) is 27.4 Å². The van der Waals surface area contributed by atoms with Gasteiger partial charge in [0.1, 0.15) is 12.2 Å². The smallest absolute Gasteiger partial charge is 0.138 e. The fourth-order valence-electron chi connectivity index (χ4n) is 2.89. The Balaban J connectivity index is 1.89. The average Bonchev–Trinajstić information content (AvgIpc) is 2.86. The molecule has 3 atom stereocenters. The molecule has 0 bridgehead atoms. The predicted octanol–water partition coefficient (Wildman–Crippen LogP) is 1.77. The summed E-state index contributed by atoms with van der Waals surface area (Å²) in [5, 5.41) is 7.80. The molecule has 0 spiro atoms. The van der Waals surface area contributed by atoms with Gasteiger partial charge < -0.3 is 5.32 Å². The third-order valence-corrected chi connectivity index (χ3v) is 4.13. The quantitative estimate of drug-likeness (QED) is 0.847. The normalized spacial score (nSPS) is 28.8. The highest BCUT2D eigenvalue weighted by Gasteiger charge is 2.32. The molecule has 0 saturated heterocycles. The van der Waals surface area contributed by atoms with Crippen LogP contribution in [0.25, 0.3) is 0 Å². The van der Waals surface area contributed by atoms with Crippen LogP contribution in [0.15, 0.2) is 6.33 Å². The van der Waals surface area contributed by atoms with Gasteiger partial charge in [-0.2, -0.15) is 5.10 Å². The molecule has 4 heteroatoms. The van der Waals surface area contributed by atoms with Crippen LogP contribution in [0.4, 0.5) is 0 Å². The topological polar surface area (TPSA) is 42.7 Å². The van der Waals surface area contributed by atoms with Gasteiger partial charge in [-0.25, -0.2) is 4.98 Å². The number of aryl methyl sites for hydroxylation is 1. The highest BCUT2D eigenvalue weighted by Crippen LogP contribution is 2.33. The zero-order valence-electron chi connectivity index (χ0n) is 11.2. The summed E-state index contributed by atoms with van der Waals surface area (Å²) in [5.74, 6) is 2.63. The van der Waals surface area contributed by atoms with E-state index >= 15 is 0 Å². The lowest BCUT2D eigenvalue weighted by Crippen LogP contribution is -2.33. The van der Waals surface area contributed by atoms with Gasteiger partial charge in [0, 0.05) is 19.5 Å². The zero-order chi connectivity index (χ0) is 12.3. The van der Waals surface area contributed by atoms with E-state index in [2.05, 4.69) is 29.2 Å². The summed E-state index contributed by atoms with van der Waals surface area (Å²) in [5.41, 5.74) is 0. The Bertz CT molecular complexity index is 347. The third-order valence-electron chi connectivity index (χ3n) is 4.13. The molecule has 1 heterocycles. The van der Waals surface area contributed by atoms with Crippen LogP contribution in [0.2, 0.25) is 0 Å². The first kappa shape index (κ1) is 12.6. The molecule has 0 radical (unpaired) electrons. The van der Waals surface area contributed by atoms with Crippen molar-refractivity contribution in [2.45, 2.75) is 45.6 Å². The highest BCUT2D eigenvalue weighted by molar-refractivity contribution is 4.94. The van der Waals surface area contributed by atoms with Gasteiger partial charge in [0.15, 0.2) is 0 Å². The van der Waals surface area contributed by atoms with Crippen molar-refractivity contribution in [2.24, 2.45) is 18.9 Å². The maximum atomic E-state index is 4.33. The standard InChI is InChI=1S/C13H24N4/c1-4-7-14-12-6-5-11(10(12)2)8-13-15-9-16-17(13)3/h9-12,14H,4-8H2,1-3H3. The minimum Gasteiger partial charge on any atom is -0.314 e. The van der Waals surface area contributed by atoms with Crippen molar-refractivity contribution in [1.29, 1.82) is 0 Å². The first-order valence-corrected chi connectivity index (χ1v) is 6.78. The lowest BCUT2D eigenvalue weighted by atomic mass is 9.92. The van der Waals surface area contributed by atoms with Crippen molar-refractivity contribution in [3.8, 4) is 0 Å². The number of hydrogen-bond donors (Lipinski definition) is 1. The minimum atomic E-state index is 0.702. The minimum absolute atomic E-state index is 0.702. The van der Waals surface area contributed by atoms with Crippen molar-refractivity contribution in [3.05, 3.63) is 12.2 Å². The van der Waals surface area contributed by atoms with E-state index in [4.69, 9.17) is 0 Å². The molecule has 0 aromatic carbocycles. The van der Waals surface area contributed by atoms with E-state index in [-0.39, 0.29) is 0 Å². The van der Waals surface area contributed by atoms with E-state index in [9.17, 15) is 0 Å². The van der Waals surface area contributed by atoms with E-state index < -0.39 is 0 Å². The van der Waals surface area contributed by atoms with Crippen molar-refractivity contribution in [2.75, 3.05) is 6.54 Å². The van der Waals surface area contributed by atoms with Gasteiger partial charge in [-0.05, 0) is 37.6 Å². The van der Waals surface area contributed by atoms with Gasteiger partial charge in [-0.15, -0.1) is 0 Å². The maximum Gasteiger partial charge on any atom is 0.138 e. The van der Waals surface area contributed by atoms with E-state index in [1.807, 2.05) is 11.7 Å². The second-order valence-electron chi connectivity index (χ2n) is 5.26. The molecule has 1 N–H and O–H groups in total. The summed E-state index contributed by atoms with van der Waals surface area (Å²) in [6, 6.07) is 0.702. The first-order chi connectivity index (χ1) is 8.22. The Morgan fingerprint density at radius 2 is 2.29 bits per heavy atom. The Kier molecular flexibility index (Phi) is 4.15. The van der Waals surface area contributed by atoms with E-state index in [0.29, 0.717) is 6.04 Å². The molecule has 1 aromatic heterocycles. The van der Waals surface area contributed by atoms with E-state index in [1.54, 1.807) is 6.33 Å². The Labute approximate surface area is 104 Å². The lowest BCUT2D eigenvalue weighted by Gasteiger charge is -2.21. The molecule has 2 rings (SSSR count). The summed E-state index contributed by atoms with van der Waals surface area (Å²) in [4.78, 5) is 4.33. The van der Waals surface area contributed by atoms with Crippen LogP contribution < -0.4 is 5.32 Å². The number of nitrogens with zero attached hydrogens (tertiary/aromatic N) is 3. The molecule has 96 valence electrons. The first-order valence-electron chi connectivity index (χ1n) is 6.78. The van der Waals surface area contributed by atoms with Crippen molar-refractivity contribution in [3.63, 3.8) is 0 Å². The van der Waals surface area contributed by atoms with Crippen LogP contribution in [0.5, 0.6) is 0 Å². The van der Waals surface area contributed by atoms with Gasteiger partial charge in [0.05, 0.1) is 0 Å². The van der Waals surface area contributed by atoms with E-state index in [1.165, 1.54) is 19.3 Å². The predicted molar refractivity (Wildman–Crippen MR) is 68.7 cm³/mol. The number of hydrogen-bond acceptors (Lipinski definition) is 3. The summed E-state index contributed by atoms with van der Waals surface area (Å²) >= 11 is 0. The van der Waals surface area contributed by atoms with Gasteiger partial charge in [-0.1, -0.05) is 13.8 Å². The van der Waals surface area contributed by atoms with Crippen LogP contribution in [0.3, 0.4) is 0 Å². The fraction of sp³-hybridized carbons (Fsp3) is 0.846. The second-order valence-corrected chi connectivity index (χ2v) is 5.26. The Morgan fingerprint density at radius 3 is 2.94 bits per heavy atom. The largest absolute Gasteiger partial charge is 0.314 e. The molecule has 0 aliphatic heterocycles. The summed E-state index contributed by atoms with van der Waals surface area (Å²) in [6.45, 7) is 5.75. The molecule has 1 aliphatic carbocycles. The number of nitrogens with one attached hydrogen (secondary N) is 1. The molecular weight excluding hydrogens is 212 g/mol. The van der Waals surface area contributed by atoms with Gasteiger partial charge in [-0.3, -0.25) is 4.68 Å². The summed E-state index contributed by atoms with van der Waals surface area (Å²) in [6.07, 6.45) is 6.57. The van der Waals surface area contributed by atoms with Crippen molar-refractivity contribution >= 4 is 0 Å². The lowest BCUT2D eigenvalue weighted by molar-refractivity contribution is 0.344. The van der Waals surface area contributed by atoms with E-state index in [0.717, 1.165) is 30.6 Å². The second kappa shape index (κ2) is 5.63. The van der Waals surface area contributed by atoms with Crippen LogP contribution in [-0.2, 0) is 13.5 Å². The molecule has 1 fully saturated rings.